The monoisotopic (exact) mass is 212 g/mol. The van der Waals surface area contributed by atoms with E-state index in [1.54, 1.807) is 0 Å². The first-order chi connectivity index (χ1) is 7.22. The fourth-order valence-electron chi connectivity index (χ4n) is 0.986. The van der Waals surface area contributed by atoms with Crippen LogP contribution in [0.25, 0.3) is 0 Å². The van der Waals surface area contributed by atoms with Crippen molar-refractivity contribution >= 4 is 5.91 Å². The largest absolute Gasteiger partial charge is 0.353 e. The average molecular weight is 212 g/mol. The topological polar surface area (TPSA) is 80.0 Å². The van der Waals surface area contributed by atoms with Crippen molar-refractivity contribution in [3.8, 4) is 0 Å². The minimum atomic E-state index is -0.0205. The van der Waals surface area contributed by atoms with Crippen molar-refractivity contribution in [1.29, 1.82) is 0 Å². The molecule has 1 aromatic heterocycles. The third kappa shape index (κ3) is 4.55. The van der Waals surface area contributed by atoms with E-state index in [-0.39, 0.29) is 18.5 Å². The summed E-state index contributed by atoms with van der Waals surface area (Å²) in [4.78, 5) is 15.1. The molecule has 15 heavy (non-hydrogen) atoms. The number of hydrogen-bond donors (Lipinski definition) is 2. The summed E-state index contributed by atoms with van der Waals surface area (Å²) in [6.45, 7) is 4.69. The lowest BCUT2D eigenvalue weighted by Gasteiger charge is -2.11. The second kappa shape index (κ2) is 6.13. The molecule has 6 heteroatoms. The van der Waals surface area contributed by atoms with Crippen LogP contribution in [-0.4, -0.2) is 28.6 Å². The summed E-state index contributed by atoms with van der Waals surface area (Å²) in [5.74, 6) is 0.527. The molecule has 0 aliphatic heterocycles. The fourth-order valence-corrected chi connectivity index (χ4v) is 0.986. The van der Waals surface area contributed by atoms with Gasteiger partial charge in [-0.25, -0.2) is 0 Å². The highest BCUT2D eigenvalue weighted by Crippen LogP contribution is 1.88. The van der Waals surface area contributed by atoms with E-state index < -0.39 is 0 Å². The van der Waals surface area contributed by atoms with Gasteiger partial charge in [-0.15, -0.1) is 0 Å². The predicted octanol–water partition coefficient (Wildman–Crippen LogP) is 0.0739. The molecule has 0 fully saturated rings. The lowest BCUT2D eigenvalue weighted by atomic mass is 10.2. The molecule has 0 spiro atoms. The summed E-state index contributed by atoms with van der Waals surface area (Å²) in [6, 6.07) is 0.212. The van der Waals surface area contributed by atoms with E-state index in [0.717, 1.165) is 6.42 Å². The zero-order valence-corrected chi connectivity index (χ0v) is 8.99. The summed E-state index contributed by atoms with van der Waals surface area (Å²) >= 11 is 0. The molecule has 0 saturated carbocycles. The van der Waals surface area contributed by atoms with Gasteiger partial charge >= 0.3 is 0 Å². The summed E-state index contributed by atoms with van der Waals surface area (Å²) in [5.41, 5.74) is 0. The van der Waals surface area contributed by atoms with Crippen LogP contribution in [0.5, 0.6) is 0 Å². The van der Waals surface area contributed by atoms with Crippen LogP contribution in [0.4, 0.5) is 0 Å². The smallest absolute Gasteiger partial charge is 0.234 e. The van der Waals surface area contributed by atoms with Crippen LogP contribution < -0.4 is 10.6 Å². The van der Waals surface area contributed by atoms with Crippen LogP contribution in [0.15, 0.2) is 10.9 Å². The Bertz CT molecular complexity index is 286. The van der Waals surface area contributed by atoms with Gasteiger partial charge in [0.15, 0.2) is 5.82 Å². The van der Waals surface area contributed by atoms with Crippen LogP contribution in [0, 0.1) is 0 Å². The van der Waals surface area contributed by atoms with Gasteiger partial charge in [0.25, 0.3) is 0 Å². The lowest BCUT2D eigenvalue weighted by molar-refractivity contribution is -0.120. The van der Waals surface area contributed by atoms with Crippen molar-refractivity contribution in [3.05, 3.63) is 12.2 Å². The molecule has 6 nitrogen and oxygen atoms in total. The summed E-state index contributed by atoms with van der Waals surface area (Å²) in [7, 11) is 0. The molecular formula is C9H16N4O2. The van der Waals surface area contributed by atoms with E-state index in [0.29, 0.717) is 12.4 Å². The molecule has 1 unspecified atom stereocenters. The van der Waals surface area contributed by atoms with Gasteiger partial charge in [0.1, 0.15) is 0 Å². The maximum absolute atomic E-state index is 11.3. The van der Waals surface area contributed by atoms with Gasteiger partial charge in [0.2, 0.25) is 12.3 Å². The highest BCUT2D eigenvalue weighted by molar-refractivity contribution is 5.78. The third-order valence-electron chi connectivity index (χ3n) is 2.00. The van der Waals surface area contributed by atoms with Gasteiger partial charge in [-0.2, -0.15) is 4.98 Å². The first kappa shape index (κ1) is 11.6. The minimum absolute atomic E-state index is 0.0205. The molecular weight excluding hydrogens is 196 g/mol. The van der Waals surface area contributed by atoms with E-state index >= 15 is 0 Å². The molecule has 84 valence electrons. The van der Waals surface area contributed by atoms with Crippen LogP contribution in [0.3, 0.4) is 0 Å². The van der Waals surface area contributed by atoms with E-state index in [4.69, 9.17) is 0 Å². The highest BCUT2D eigenvalue weighted by atomic mass is 16.5. The number of nitrogens with zero attached hydrogens (tertiary/aromatic N) is 2. The molecule has 1 aromatic rings. The Morgan fingerprint density at radius 2 is 2.47 bits per heavy atom. The molecule has 2 N–H and O–H groups in total. The van der Waals surface area contributed by atoms with Gasteiger partial charge in [-0.05, 0) is 13.3 Å². The van der Waals surface area contributed by atoms with Gasteiger partial charge in [-0.1, -0.05) is 12.1 Å². The number of carbonyl (C=O) groups excluding carboxylic acids is 1. The van der Waals surface area contributed by atoms with Gasteiger partial charge in [0, 0.05) is 6.04 Å². The second-order valence-electron chi connectivity index (χ2n) is 3.33. The lowest BCUT2D eigenvalue weighted by Crippen LogP contribution is -2.38. The number of amides is 1. The Kier molecular flexibility index (Phi) is 4.76. The summed E-state index contributed by atoms with van der Waals surface area (Å²) in [6.07, 6.45) is 2.19. The zero-order chi connectivity index (χ0) is 11.1. The highest BCUT2D eigenvalue weighted by Gasteiger charge is 2.05. The fraction of sp³-hybridized carbons (Fsp3) is 0.667. The van der Waals surface area contributed by atoms with E-state index in [9.17, 15) is 4.79 Å². The predicted molar refractivity (Wildman–Crippen MR) is 53.9 cm³/mol. The van der Waals surface area contributed by atoms with Crippen LogP contribution in [-0.2, 0) is 11.3 Å². The first-order valence-electron chi connectivity index (χ1n) is 4.97. The Morgan fingerprint density at radius 3 is 3.07 bits per heavy atom. The molecule has 1 rings (SSSR count). The quantitative estimate of drug-likeness (QED) is 0.697. The van der Waals surface area contributed by atoms with Crippen molar-refractivity contribution in [2.75, 3.05) is 6.54 Å². The van der Waals surface area contributed by atoms with Crippen LogP contribution in [0.2, 0.25) is 0 Å². The van der Waals surface area contributed by atoms with Crippen molar-refractivity contribution in [1.82, 2.24) is 20.8 Å². The van der Waals surface area contributed by atoms with Crippen LogP contribution in [0.1, 0.15) is 26.1 Å². The average Bonchev–Trinajstić information content (AvgIpc) is 2.70. The number of hydrogen-bond acceptors (Lipinski definition) is 5. The molecule has 0 saturated heterocycles. The van der Waals surface area contributed by atoms with Crippen molar-refractivity contribution in [2.45, 2.75) is 32.9 Å². The first-order valence-corrected chi connectivity index (χ1v) is 4.97. The third-order valence-corrected chi connectivity index (χ3v) is 2.00. The Labute approximate surface area is 88.4 Å². The number of aromatic nitrogens is 2. The summed E-state index contributed by atoms with van der Waals surface area (Å²) < 4.78 is 4.55. The maximum atomic E-state index is 11.3. The normalized spacial score (nSPS) is 12.4. The van der Waals surface area contributed by atoms with E-state index in [2.05, 4.69) is 25.3 Å². The molecule has 1 atom stereocenters. The maximum Gasteiger partial charge on any atom is 0.234 e. The minimum Gasteiger partial charge on any atom is -0.353 e. The Balaban J connectivity index is 2.12. The molecule has 0 radical (unpaired) electrons. The van der Waals surface area contributed by atoms with Crippen LogP contribution >= 0.6 is 0 Å². The van der Waals surface area contributed by atoms with E-state index in [1.165, 1.54) is 6.39 Å². The second-order valence-corrected chi connectivity index (χ2v) is 3.33. The number of carbonyl (C=O) groups is 1. The summed E-state index contributed by atoms with van der Waals surface area (Å²) in [5, 5.41) is 9.37. The molecule has 1 amide bonds. The standard InChI is InChI=1S/C9H16N4O2/c1-3-7(2)12-9(14)5-10-4-8-11-6-15-13-8/h6-7,10H,3-5H2,1-2H3,(H,12,14). The molecule has 0 bridgehead atoms. The number of nitrogens with one attached hydrogen (secondary N) is 2. The zero-order valence-electron chi connectivity index (χ0n) is 8.99. The molecule has 0 aliphatic rings. The van der Waals surface area contributed by atoms with E-state index in [1.807, 2.05) is 13.8 Å². The van der Waals surface area contributed by atoms with Gasteiger partial charge in [0.05, 0.1) is 13.1 Å². The number of rotatable bonds is 6. The van der Waals surface area contributed by atoms with Gasteiger partial charge in [-0.3, -0.25) is 4.79 Å². The molecule has 1 heterocycles. The molecule has 0 aromatic carbocycles. The molecule has 0 aliphatic carbocycles. The van der Waals surface area contributed by atoms with Crippen molar-refractivity contribution in [2.24, 2.45) is 0 Å². The SMILES string of the molecule is CCC(C)NC(=O)CNCc1ncon1. The van der Waals surface area contributed by atoms with Crippen molar-refractivity contribution < 1.29 is 9.32 Å². The van der Waals surface area contributed by atoms with Crippen molar-refractivity contribution in [3.63, 3.8) is 0 Å². The van der Waals surface area contributed by atoms with Gasteiger partial charge < -0.3 is 15.2 Å². The Hall–Kier alpha value is -1.43. The Morgan fingerprint density at radius 1 is 1.67 bits per heavy atom.